The standard InChI is InChI=1S/C19H18N4O2/c24-19(16-11-6-12-25-16)23-22-18-14-9-4-5-10-15(14)20-17(21-18)13-7-2-1-3-8-13/h1-3,6-8,11-12H,4-5,9-10H2,(H,23,24)(H,20,21,22). The number of nitrogens with zero attached hydrogens (tertiary/aromatic N) is 2. The number of furan rings is 1. The van der Waals surface area contributed by atoms with Gasteiger partial charge in [0, 0.05) is 16.8 Å². The maximum atomic E-state index is 12.1. The Labute approximate surface area is 145 Å². The number of aryl methyl sites for hydroxylation is 1. The van der Waals surface area contributed by atoms with Crippen LogP contribution in [0.1, 0.15) is 34.7 Å². The summed E-state index contributed by atoms with van der Waals surface area (Å²) in [5.41, 5.74) is 8.70. The summed E-state index contributed by atoms with van der Waals surface area (Å²) < 4.78 is 5.10. The van der Waals surface area contributed by atoms with Crippen LogP contribution in [-0.2, 0) is 12.8 Å². The van der Waals surface area contributed by atoms with Crippen molar-refractivity contribution in [1.82, 2.24) is 15.4 Å². The monoisotopic (exact) mass is 334 g/mol. The van der Waals surface area contributed by atoms with Crippen LogP contribution < -0.4 is 10.9 Å². The molecule has 6 heteroatoms. The molecule has 0 bridgehead atoms. The second-order valence-corrected chi connectivity index (χ2v) is 5.95. The van der Waals surface area contributed by atoms with Gasteiger partial charge in [0.15, 0.2) is 17.4 Å². The van der Waals surface area contributed by atoms with Gasteiger partial charge in [-0.05, 0) is 37.8 Å². The van der Waals surface area contributed by atoms with Gasteiger partial charge < -0.3 is 4.42 Å². The highest BCUT2D eigenvalue weighted by atomic mass is 16.3. The van der Waals surface area contributed by atoms with Crippen molar-refractivity contribution < 1.29 is 9.21 Å². The number of nitrogens with one attached hydrogen (secondary N) is 2. The lowest BCUT2D eigenvalue weighted by Gasteiger charge is -2.20. The number of anilines is 1. The average Bonchev–Trinajstić information content (AvgIpc) is 3.21. The number of hydrogen-bond acceptors (Lipinski definition) is 5. The van der Waals surface area contributed by atoms with Gasteiger partial charge >= 0.3 is 5.91 Å². The molecule has 25 heavy (non-hydrogen) atoms. The maximum absolute atomic E-state index is 12.1. The molecule has 0 aliphatic heterocycles. The fraction of sp³-hybridized carbons (Fsp3) is 0.211. The van der Waals surface area contributed by atoms with E-state index in [1.165, 1.54) is 6.26 Å². The molecular formula is C19H18N4O2. The Morgan fingerprint density at radius 2 is 1.84 bits per heavy atom. The molecule has 3 aromatic rings. The zero-order chi connectivity index (χ0) is 17.1. The van der Waals surface area contributed by atoms with E-state index in [0.29, 0.717) is 11.6 Å². The van der Waals surface area contributed by atoms with Gasteiger partial charge in [-0.1, -0.05) is 30.3 Å². The first kappa shape index (κ1) is 15.4. The van der Waals surface area contributed by atoms with Crippen molar-refractivity contribution in [3.8, 4) is 11.4 Å². The van der Waals surface area contributed by atoms with Gasteiger partial charge in [-0.3, -0.25) is 15.6 Å². The van der Waals surface area contributed by atoms with Gasteiger partial charge in [-0.2, -0.15) is 0 Å². The fourth-order valence-electron chi connectivity index (χ4n) is 3.00. The molecule has 0 saturated carbocycles. The fourth-order valence-corrected chi connectivity index (χ4v) is 3.00. The highest BCUT2D eigenvalue weighted by Gasteiger charge is 2.19. The summed E-state index contributed by atoms with van der Waals surface area (Å²) in [5.74, 6) is 1.23. The number of hydrogen-bond donors (Lipinski definition) is 2. The Hall–Kier alpha value is -3.15. The lowest BCUT2D eigenvalue weighted by atomic mass is 9.96. The number of carbonyl (C=O) groups is 1. The minimum Gasteiger partial charge on any atom is -0.459 e. The van der Waals surface area contributed by atoms with E-state index in [2.05, 4.69) is 15.8 Å². The number of amides is 1. The van der Waals surface area contributed by atoms with Crippen molar-refractivity contribution in [2.45, 2.75) is 25.7 Å². The van der Waals surface area contributed by atoms with E-state index < -0.39 is 0 Å². The molecule has 1 aromatic carbocycles. The van der Waals surface area contributed by atoms with E-state index >= 15 is 0 Å². The van der Waals surface area contributed by atoms with E-state index in [9.17, 15) is 4.79 Å². The highest BCUT2D eigenvalue weighted by Crippen LogP contribution is 2.28. The van der Waals surface area contributed by atoms with Crippen LogP contribution in [0.15, 0.2) is 53.1 Å². The second-order valence-electron chi connectivity index (χ2n) is 5.95. The van der Waals surface area contributed by atoms with Gasteiger partial charge in [0.05, 0.1) is 6.26 Å². The molecule has 1 aliphatic carbocycles. The van der Waals surface area contributed by atoms with Crippen LogP contribution in [0.25, 0.3) is 11.4 Å². The predicted molar refractivity (Wildman–Crippen MR) is 93.9 cm³/mol. The van der Waals surface area contributed by atoms with Crippen molar-refractivity contribution in [2.75, 3.05) is 5.43 Å². The third kappa shape index (κ3) is 3.24. The second kappa shape index (κ2) is 6.76. The summed E-state index contributed by atoms with van der Waals surface area (Å²) in [6.45, 7) is 0. The van der Waals surface area contributed by atoms with Crippen LogP contribution in [0.2, 0.25) is 0 Å². The Morgan fingerprint density at radius 1 is 1.00 bits per heavy atom. The normalized spacial score (nSPS) is 13.1. The Balaban J connectivity index is 1.64. The molecule has 2 aromatic heterocycles. The molecule has 0 unspecified atom stereocenters. The summed E-state index contributed by atoms with van der Waals surface area (Å²) in [7, 11) is 0. The van der Waals surface area contributed by atoms with Crippen LogP contribution in [0.3, 0.4) is 0 Å². The van der Waals surface area contributed by atoms with Gasteiger partial charge in [0.2, 0.25) is 0 Å². The quantitative estimate of drug-likeness (QED) is 0.715. The molecule has 4 rings (SSSR count). The molecule has 6 nitrogen and oxygen atoms in total. The molecule has 0 saturated heterocycles. The lowest BCUT2D eigenvalue weighted by Crippen LogP contribution is -2.30. The largest absolute Gasteiger partial charge is 0.459 e. The molecule has 1 amide bonds. The SMILES string of the molecule is O=C(NNc1nc(-c2ccccc2)nc2c1CCCC2)c1ccco1. The zero-order valence-corrected chi connectivity index (χ0v) is 13.7. The van der Waals surface area contributed by atoms with Gasteiger partial charge in [-0.15, -0.1) is 0 Å². The van der Waals surface area contributed by atoms with Gasteiger partial charge in [-0.25, -0.2) is 9.97 Å². The van der Waals surface area contributed by atoms with Crippen molar-refractivity contribution in [1.29, 1.82) is 0 Å². The topological polar surface area (TPSA) is 80.0 Å². The minimum absolute atomic E-state index is 0.249. The Kier molecular flexibility index (Phi) is 4.16. The first-order valence-corrected chi connectivity index (χ1v) is 8.36. The van der Waals surface area contributed by atoms with Crippen LogP contribution in [0.5, 0.6) is 0 Å². The first-order valence-electron chi connectivity index (χ1n) is 8.36. The number of hydrazine groups is 1. The van der Waals surface area contributed by atoms with Gasteiger partial charge in [0.1, 0.15) is 0 Å². The summed E-state index contributed by atoms with van der Waals surface area (Å²) in [5, 5.41) is 0. The summed E-state index contributed by atoms with van der Waals surface area (Å²) in [4.78, 5) is 21.5. The number of aromatic nitrogens is 2. The molecule has 2 heterocycles. The van der Waals surface area contributed by atoms with Crippen molar-refractivity contribution in [2.24, 2.45) is 0 Å². The highest BCUT2D eigenvalue weighted by molar-refractivity contribution is 5.92. The van der Waals surface area contributed by atoms with Crippen LogP contribution in [0.4, 0.5) is 5.82 Å². The van der Waals surface area contributed by atoms with Crippen molar-refractivity contribution in [3.05, 3.63) is 65.7 Å². The Morgan fingerprint density at radius 3 is 2.64 bits per heavy atom. The molecular weight excluding hydrogens is 316 g/mol. The summed E-state index contributed by atoms with van der Waals surface area (Å²) in [6.07, 6.45) is 5.52. The van der Waals surface area contributed by atoms with Crippen LogP contribution >= 0.6 is 0 Å². The number of rotatable bonds is 4. The van der Waals surface area contributed by atoms with Crippen LogP contribution in [-0.4, -0.2) is 15.9 Å². The van der Waals surface area contributed by atoms with Crippen molar-refractivity contribution >= 4 is 11.7 Å². The Bertz CT molecular complexity index is 876. The molecule has 0 fully saturated rings. The van der Waals surface area contributed by atoms with E-state index in [-0.39, 0.29) is 11.7 Å². The summed E-state index contributed by atoms with van der Waals surface area (Å²) >= 11 is 0. The van der Waals surface area contributed by atoms with E-state index in [0.717, 1.165) is 42.5 Å². The average molecular weight is 334 g/mol. The molecule has 1 aliphatic rings. The third-order valence-corrected chi connectivity index (χ3v) is 4.25. The zero-order valence-electron chi connectivity index (χ0n) is 13.7. The molecule has 0 atom stereocenters. The smallest absolute Gasteiger partial charge is 0.305 e. The molecule has 126 valence electrons. The molecule has 0 radical (unpaired) electrons. The third-order valence-electron chi connectivity index (χ3n) is 4.25. The predicted octanol–water partition coefficient (Wildman–Crippen LogP) is 3.37. The maximum Gasteiger partial charge on any atom is 0.305 e. The van der Waals surface area contributed by atoms with Crippen LogP contribution in [0, 0.1) is 0 Å². The summed E-state index contributed by atoms with van der Waals surface area (Å²) in [6, 6.07) is 13.1. The molecule has 0 spiro atoms. The minimum atomic E-state index is -0.338. The van der Waals surface area contributed by atoms with E-state index in [4.69, 9.17) is 9.40 Å². The van der Waals surface area contributed by atoms with Crippen molar-refractivity contribution in [3.63, 3.8) is 0 Å². The lowest BCUT2D eigenvalue weighted by molar-refractivity contribution is 0.0935. The number of fused-ring (bicyclic) bond motifs is 1. The van der Waals surface area contributed by atoms with E-state index in [1.54, 1.807) is 12.1 Å². The number of carbonyl (C=O) groups excluding carboxylic acids is 1. The van der Waals surface area contributed by atoms with E-state index in [1.807, 2.05) is 30.3 Å². The van der Waals surface area contributed by atoms with Gasteiger partial charge in [0.25, 0.3) is 0 Å². The first-order chi connectivity index (χ1) is 12.3. The number of benzene rings is 1. The molecule has 2 N–H and O–H groups in total.